The van der Waals surface area contributed by atoms with Gasteiger partial charge in [-0.05, 0) is 0 Å². The van der Waals surface area contributed by atoms with Gasteiger partial charge in [-0.15, -0.1) is 0 Å². The Kier molecular flexibility index (Phi) is 2.64. The number of nitrogens with two attached hydrogens (primary N) is 1. The molecule has 1 aromatic carbocycles. The van der Waals surface area contributed by atoms with Crippen LogP contribution in [0.5, 0.6) is 5.75 Å². The normalized spacial score (nSPS) is 19.6. The Morgan fingerprint density at radius 1 is 1.38 bits per heavy atom. The molecular weight excluding hydrogens is 220 g/mol. The first-order valence-corrected chi connectivity index (χ1v) is 4.66. The van der Waals surface area contributed by atoms with Crippen LogP contribution in [0.25, 0.3) is 0 Å². The van der Waals surface area contributed by atoms with E-state index in [9.17, 15) is 13.6 Å². The maximum absolute atomic E-state index is 13.3. The van der Waals surface area contributed by atoms with Crippen molar-refractivity contribution in [3.8, 4) is 5.75 Å². The number of rotatable bonds is 2. The SMILES string of the molecule is Nc1cc(F)c(OC2CCOC2=O)cc1F. The van der Waals surface area contributed by atoms with Gasteiger partial charge in [0.2, 0.25) is 0 Å². The zero-order valence-corrected chi connectivity index (χ0v) is 8.20. The molecule has 0 saturated carbocycles. The minimum atomic E-state index is -0.877. The van der Waals surface area contributed by atoms with Gasteiger partial charge in [-0.1, -0.05) is 0 Å². The van der Waals surface area contributed by atoms with E-state index in [-0.39, 0.29) is 18.0 Å². The van der Waals surface area contributed by atoms with Gasteiger partial charge in [0.15, 0.2) is 17.7 Å². The molecule has 0 amide bonds. The zero-order valence-electron chi connectivity index (χ0n) is 8.20. The van der Waals surface area contributed by atoms with Crippen molar-refractivity contribution in [2.45, 2.75) is 12.5 Å². The molecule has 16 heavy (non-hydrogen) atoms. The molecule has 2 N–H and O–H groups in total. The summed E-state index contributed by atoms with van der Waals surface area (Å²) in [6.07, 6.45) is -0.554. The van der Waals surface area contributed by atoms with E-state index >= 15 is 0 Å². The summed E-state index contributed by atoms with van der Waals surface area (Å²) in [6, 6.07) is 1.63. The molecule has 1 unspecified atom stereocenters. The average molecular weight is 229 g/mol. The smallest absolute Gasteiger partial charge is 0.347 e. The molecule has 1 saturated heterocycles. The Hall–Kier alpha value is -1.85. The largest absolute Gasteiger partial charge is 0.475 e. The first-order valence-electron chi connectivity index (χ1n) is 4.66. The van der Waals surface area contributed by atoms with Crippen LogP contribution in [0.4, 0.5) is 14.5 Å². The van der Waals surface area contributed by atoms with Crippen LogP contribution in [0.15, 0.2) is 12.1 Å². The van der Waals surface area contributed by atoms with E-state index in [1.807, 2.05) is 0 Å². The number of anilines is 1. The first kappa shape index (κ1) is 10.7. The van der Waals surface area contributed by atoms with Gasteiger partial charge in [0.1, 0.15) is 5.82 Å². The summed E-state index contributed by atoms with van der Waals surface area (Å²) in [7, 11) is 0. The molecule has 0 aromatic heterocycles. The molecule has 1 atom stereocenters. The molecule has 2 rings (SSSR count). The predicted molar refractivity (Wildman–Crippen MR) is 50.8 cm³/mol. The Balaban J connectivity index is 2.21. The van der Waals surface area contributed by atoms with Crippen molar-refractivity contribution in [1.82, 2.24) is 0 Å². The van der Waals surface area contributed by atoms with Gasteiger partial charge < -0.3 is 15.2 Å². The Morgan fingerprint density at radius 2 is 2.12 bits per heavy atom. The Bertz CT molecular complexity index is 436. The zero-order chi connectivity index (χ0) is 11.7. The third-order valence-corrected chi connectivity index (χ3v) is 2.21. The molecule has 1 fully saturated rings. The van der Waals surface area contributed by atoms with E-state index in [0.29, 0.717) is 6.42 Å². The number of nitrogen functional groups attached to an aromatic ring is 1. The number of ether oxygens (including phenoxy) is 2. The Labute approximate surface area is 89.9 Å². The molecular formula is C10H9F2NO3. The van der Waals surface area contributed by atoms with Crippen molar-refractivity contribution in [2.75, 3.05) is 12.3 Å². The highest BCUT2D eigenvalue weighted by Crippen LogP contribution is 2.25. The van der Waals surface area contributed by atoms with Gasteiger partial charge in [0.05, 0.1) is 12.3 Å². The minimum Gasteiger partial charge on any atom is -0.475 e. The van der Waals surface area contributed by atoms with Crippen LogP contribution in [0.2, 0.25) is 0 Å². The highest BCUT2D eigenvalue weighted by Gasteiger charge is 2.29. The van der Waals surface area contributed by atoms with E-state index < -0.39 is 23.7 Å². The molecule has 0 aliphatic carbocycles. The molecule has 6 heteroatoms. The van der Waals surface area contributed by atoms with Crippen molar-refractivity contribution < 1.29 is 23.0 Å². The molecule has 1 heterocycles. The molecule has 0 radical (unpaired) electrons. The third-order valence-electron chi connectivity index (χ3n) is 2.21. The number of hydrogen-bond acceptors (Lipinski definition) is 4. The summed E-state index contributed by atoms with van der Waals surface area (Å²) >= 11 is 0. The number of carbonyl (C=O) groups excluding carboxylic acids is 1. The van der Waals surface area contributed by atoms with E-state index in [2.05, 4.69) is 4.74 Å². The number of carbonyl (C=O) groups is 1. The number of benzene rings is 1. The second kappa shape index (κ2) is 3.96. The van der Waals surface area contributed by atoms with Crippen molar-refractivity contribution in [1.29, 1.82) is 0 Å². The molecule has 1 aromatic rings. The Morgan fingerprint density at radius 3 is 2.75 bits per heavy atom. The average Bonchev–Trinajstić information content (AvgIpc) is 2.61. The third kappa shape index (κ3) is 1.91. The van der Waals surface area contributed by atoms with Gasteiger partial charge in [0.25, 0.3) is 0 Å². The lowest BCUT2D eigenvalue weighted by Gasteiger charge is -2.11. The van der Waals surface area contributed by atoms with Crippen LogP contribution in [0.1, 0.15) is 6.42 Å². The maximum Gasteiger partial charge on any atom is 0.347 e. The fraction of sp³-hybridized carbons (Fsp3) is 0.300. The van der Waals surface area contributed by atoms with Crippen molar-refractivity contribution in [2.24, 2.45) is 0 Å². The summed E-state index contributed by atoms with van der Waals surface area (Å²) in [5.41, 5.74) is 4.86. The fourth-order valence-corrected chi connectivity index (χ4v) is 1.37. The van der Waals surface area contributed by atoms with Crippen molar-refractivity contribution >= 4 is 11.7 Å². The fourth-order valence-electron chi connectivity index (χ4n) is 1.37. The second-order valence-corrected chi connectivity index (χ2v) is 3.37. The monoisotopic (exact) mass is 229 g/mol. The first-order chi connectivity index (χ1) is 7.58. The predicted octanol–water partition coefficient (Wildman–Crippen LogP) is 1.24. The topological polar surface area (TPSA) is 61.6 Å². The lowest BCUT2D eigenvalue weighted by Crippen LogP contribution is -2.22. The van der Waals surface area contributed by atoms with Gasteiger partial charge in [-0.3, -0.25) is 0 Å². The van der Waals surface area contributed by atoms with Crippen LogP contribution >= 0.6 is 0 Å². The van der Waals surface area contributed by atoms with Gasteiger partial charge >= 0.3 is 5.97 Å². The van der Waals surface area contributed by atoms with Gasteiger partial charge in [0, 0.05) is 18.6 Å². The van der Waals surface area contributed by atoms with Crippen molar-refractivity contribution in [3.63, 3.8) is 0 Å². The maximum atomic E-state index is 13.3. The highest BCUT2D eigenvalue weighted by molar-refractivity contribution is 5.76. The summed E-state index contributed by atoms with van der Waals surface area (Å²) in [5.74, 6) is -2.51. The summed E-state index contributed by atoms with van der Waals surface area (Å²) in [5, 5.41) is 0. The summed E-state index contributed by atoms with van der Waals surface area (Å²) in [6.45, 7) is 0.225. The van der Waals surface area contributed by atoms with E-state index in [1.165, 1.54) is 0 Å². The molecule has 1 aliphatic rings. The molecule has 86 valence electrons. The molecule has 0 spiro atoms. The molecule has 1 aliphatic heterocycles. The highest BCUT2D eigenvalue weighted by atomic mass is 19.1. The van der Waals surface area contributed by atoms with E-state index in [1.54, 1.807) is 0 Å². The summed E-state index contributed by atoms with van der Waals surface area (Å²) in [4.78, 5) is 11.1. The van der Waals surface area contributed by atoms with Crippen LogP contribution in [-0.4, -0.2) is 18.7 Å². The van der Waals surface area contributed by atoms with Crippen molar-refractivity contribution in [3.05, 3.63) is 23.8 Å². The number of cyclic esters (lactones) is 1. The lowest BCUT2D eigenvalue weighted by molar-refractivity contribution is -0.143. The second-order valence-electron chi connectivity index (χ2n) is 3.37. The van der Waals surface area contributed by atoms with Crippen LogP contribution in [-0.2, 0) is 9.53 Å². The number of esters is 1. The van der Waals surface area contributed by atoms with Gasteiger partial charge in [-0.2, -0.15) is 0 Å². The number of halogens is 2. The van der Waals surface area contributed by atoms with Gasteiger partial charge in [-0.25, -0.2) is 13.6 Å². The standard InChI is InChI=1S/C10H9F2NO3/c11-5-4-9(6(12)3-7(5)13)16-8-1-2-15-10(8)14/h3-4,8H,1-2,13H2. The molecule has 4 nitrogen and oxygen atoms in total. The number of hydrogen-bond donors (Lipinski definition) is 1. The van der Waals surface area contributed by atoms with Crippen LogP contribution < -0.4 is 10.5 Å². The molecule has 0 bridgehead atoms. The van der Waals surface area contributed by atoms with E-state index in [4.69, 9.17) is 10.5 Å². The summed E-state index contributed by atoms with van der Waals surface area (Å²) < 4.78 is 36.0. The minimum absolute atomic E-state index is 0.225. The van der Waals surface area contributed by atoms with Crippen LogP contribution in [0, 0.1) is 11.6 Å². The van der Waals surface area contributed by atoms with E-state index in [0.717, 1.165) is 12.1 Å². The quantitative estimate of drug-likeness (QED) is 0.612. The van der Waals surface area contributed by atoms with Crippen LogP contribution in [0.3, 0.4) is 0 Å². The lowest BCUT2D eigenvalue weighted by atomic mass is 10.2.